The molecule has 1 rings (SSSR count). The second kappa shape index (κ2) is 3.53. The van der Waals surface area contributed by atoms with Crippen LogP contribution in [0.3, 0.4) is 0 Å². The summed E-state index contributed by atoms with van der Waals surface area (Å²) in [5, 5.41) is 4.09. The van der Waals surface area contributed by atoms with E-state index in [-0.39, 0.29) is 0 Å². The summed E-state index contributed by atoms with van der Waals surface area (Å²) in [4.78, 5) is 0. The molecule has 1 aromatic rings. The summed E-state index contributed by atoms with van der Waals surface area (Å²) in [6.07, 6.45) is 3.90. The minimum absolute atomic E-state index is 0.721. The van der Waals surface area contributed by atoms with Crippen LogP contribution in [-0.4, -0.2) is 16.3 Å². The second-order valence-electron chi connectivity index (χ2n) is 2.69. The van der Waals surface area contributed by atoms with Gasteiger partial charge in [-0.3, -0.25) is 4.68 Å². The number of nitrogens with two attached hydrogens (primary N) is 1. The Morgan fingerprint density at radius 3 is 2.73 bits per heavy atom. The monoisotopic (exact) mass is 152 g/mol. The van der Waals surface area contributed by atoms with E-state index in [0.717, 1.165) is 25.1 Å². The van der Waals surface area contributed by atoms with Crippen molar-refractivity contribution in [1.29, 1.82) is 0 Å². The van der Waals surface area contributed by atoms with E-state index in [0.29, 0.717) is 0 Å². The average molecular weight is 152 g/mol. The molecule has 11 heavy (non-hydrogen) atoms. The molecule has 0 amide bonds. The van der Waals surface area contributed by atoms with Crippen LogP contribution < -0.4 is 5.73 Å². The largest absolute Gasteiger partial charge is 0.330 e. The molecule has 2 N–H and O–H groups in total. The third kappa shape index (κ3) is 1.80. The Balaban J connectivity index is 2.63. The summed E-state index contributed by atoms with van der Waals surface area (Å²) in [7, 11) is 0. The lowest BCUT2D eigenvalue weighted by atomic mass is 10.3. The van der Waals surface area contributed by atoms with Crippen molar-refractivity contribution >= 4 is 0 Å². The maximum atomic E-state index is 5.38. The minimum Gasteiger partial charge on any atom is -0.330 e. The van der Waals surface area contributed by atoms with Crippen LogP contribution in [0, 0.1) is 20.0 Å². The first-order chi connectivity index (χ1) is 5.25. The molecule has 0 saturated carbocycles. The maximum absolute atomic E-state index is 5.38. The molecule has 1 radical (unpaired) electrons. The van der Waals surface area contributed by atoms with Crippen molar-refractivity contribution < 1.29 is 0 Å². The fourth-order valence-corrected chi connectivity index (χ4v) is 0.944. The minimum atomic E-state index is 0.721. The Hall–Kier alpha value is -0.830. The van der Waals surface area contributed by atoms with Gasteiger partial charge in [0, 0.05) is 12.2 Å². The number of aromatic nitrogens is 2. The molecular weight excluding hydrogens is 138 g/mol. The lowest BCUT2D eigenvalue weighted by Crippen LogP contribution is -2.08. The fourth-order valence-electron chi connectivity index (χ4n) is 0.944. The first-order valence-corrected chi connectivity index (χ1v) is 3.87. The van der Waals surface area contributed by atoms with Crippen LogP contribution in [0.5, 0.6) is 0 Å². The fraction of sp³-hybridized carbons (Fsp3) is 0.625. The first kappa shape index (κ1) is 8.27. The third-order valence-corrected chi connectivity index (χ3v) is 1.84. The van der Waals surface area contributed by atoms with Gasteiger partial charge in [0.1, 0.15) is 6.20 Å². The smallest absolute Gasteiger partial charge is 0.116 e. The zero-order chi connectivity index (χ0) is 8.27. The zero-order valence-corrected chi connectivity index (χ0v) is 7.09. The van der Waals surface area contributed by atoms with Gasteiger partial charge in [0.15, 0.2) is 0 Å². The summed E-state index contributed by atoms with van der Waals surface area (Å²) < 4.78 is 1.95. The summed E-state index contributed by atoms with van der Waals surface area (Å²) >= 11 is 0. The molecule has 0 unspecified atom stereocenters. The van der Waals surface area contributed by atoms with Crippen LogP contribution in [-0.2, 0) is 6.54 Å². The molecule has 0 atom stereocenters. The van der Waals surface area contributed by atoms with Gasteiger partial charge in [-0.1, -0.05) is 0 Å². The van der Waals surface area contributed by atoms with Crippen molar-refractivity contribution in [1.82, 2.24) is 9.78 Å². The number of hydrogen-bond donors (Lipinski definition) is 1. The highest BCUT2D eigenvalue weighted by Crippen LogP contribution is 2.03. The molecule has 0 bridgehead atoms. The highest BCUT2D eigenvalue weighted by Gasteiger charge is 2.00. The summed E-state index contributed by atoms with van der Waals surface area (Å²) in [6.45, 7) is 5.70. The van der Waals surface area contributed by atoms with E-state index in [1.54, 1.807) is 0 Å². The maximum Gasteiger partial charge on any atom is 0.116 e. The van der Waals surface area contributed by atoms with E-state index < -0.39 is 0 Å². The van der Waals surface area contributed by atoms with E-state index in [2.05, 4.69) is 18.2 Å². The van der Waals surface area contributed by atoms with Crippen molar-refractivity contribution in [2.75, 3.05) is 6.54 Å². The lowest BCUT2D eigenvalue weighted by Gasteiger charge is -2.01. The predicted molar refractivity (Wildman–Crippen MR) is 44.2 cm³/mol. The van der Waals surface area contributed by atoms with Crippen molar-refractivity contribution in [3.63, 3.8) is 0 Å². The molecule has 3 heteroatoms. The topological polar surface area (TPSA) is 43.8 Å². The van der Waals surface area contributed by atoms with E-state index in [9.17, 15) is 0 Å². The SMILES string of the molecule is Cc1[c]nn(CCCN)c1C. The van der Waals surface area contributed by atoms with Gasteiger partial charge in [0.05, 0.1) is 0 Å². The molecule has 1 heterocycles. The molecule has 3 nitrogen and oxygen atoms in total. The Kier molecular flexibility index (Phi) is 2.65. The highest BCUT2D eigenvalue weighted by molar-refractivity contribution is 5.11. The van der Waals surface area contributed by atoms with E-state index in [4.69, 9.17) is 5.73 Å². The molecule has 0 saturated heterocycles. The molecule has 1 aromatic heterocycles. The lowest BCUT2D eigenvalue weighted by molar-refractivity contribution is 0.570. The summed E-state index contributed by atoms with van der Waals surface area (Å²) in [6, 6.07) is 0. The Morgan fingerprint density at radius 2 is 2.27 bits per heavy atom. The number of aryl methyl sites for hydroxylation is 2. The van der Waals surface area contributed by atoms with Crippen molar-refractivity contribution in [2.24, 2.45) is 5.73 Å². The molecular formula is C8H14N3. The van der Waals surface area contributed by atoms with Gasteiger partial charge in [-0.25, -0.2) is 0 Å². The quantitative estimate of drug-likeness (QED) is 0.691. The van der Waals surface area contributed by atoms with Crippen LogP contribution in [0.4, 0.5) is 0 Å². The van der Waals surface area contributed by atoms with Gasteiger partial charge in [0.2, 0.25) is 0 Å². The van der Waals surface area contributed by atoms with Gasteiger partial charge < -0.3 is 5.73 Å². The Bertz CT molecular complexity index is 227. The van der Waals surface area contributed by atoms with Crippen LogP contribution in [0.25, 0.3) is 0 Å². The zero-order valence-electron chi connectivity index (χ0n) is 7.09. The first-order valence-electron chi connectivity index (χ1n) is 3.87. The van der Waals surface area contributed by atoms with Gasteiger partial charge >= 0.3 is 0 Å². The second-order valence-corrected chi connectivity index (χ2v) is 2.69. The van der Waals surface area contributed by atoms with E-state index in [1.807, 2.05) is 11.6 Å². The number of hydrogen-bond acceptors (Lipinski definition) is 2. The third-order valence-electron chi connectivity index (χ3n) is 1.84. The van der Waals surface area contributed by atoms with Crippen LogP contribution in [0.1, 0.15) is 17.7 Å². The molecule has 0 aliphatic rings. The van der Waals surface area contributed by atoms with E-state index >= 15 is 0 Å². The normalized spacial score (nSPS) is 10.5. The Labute approximate surface area is 67.2 Å². The average Bonchev–Trinajstić information content (AvgIpc) is 2.31. The van der Waals surface area contributed by atoms with Crippen molar-refractivity contribution in [3.05, 3.63) is 17.5 Å². The number of rotatable bonds is 3. The molecule has 0 aliphatic carbocycles. The highest BCUT2D eigenvalue weighted by atomic mass is 15.3. The summed E-state index contributed by atoms with van der Waals surface area (Å²) in [5.41, 5.74) is 7.70. The van der Waals surface area contributed by atoms with Crippen molar-refractivity contribution in [3.8, 4) is 0 Å². The number of nitrogens with zero attached hydrogens (tertiary/aromatic N) is 2. The van der Waals surface area contributed by atoms with Crippen molar-refractivity contribution in [2.45, 2.75) is 26.8 Å². The summed E-state index contributed by atoms with van der Waals surface area (Å²) in [5.74, 6) is 0. The van der Waals surface area contributed by atoms with E-state index in [1.165, 1.54) is 5.69 Å². The predicted octanol–water partition coefficient (Wildman–Crippen LogP) is 0.649. The molecule has 61 valence electrons. The Morgan fingerprint density at radius 1 is 1.55 bits per heavy atom. The van der Waals surface area contributed by atoms with Crippen LogP contribution in [0.15, 0.2) is 0 Å². The molecule has 0 spiro atoms. The van der Waals surface area contributed by atoms with Gasteiger partial charge in [-0.05, 0) is 32.4 Å². The van der Waals surface area contributed by atoms with Crippen LogP contribution >= 0.6 is 0 Å². The van der Waals surface area contributed by atoms with Crippen LogP contribution in [0.2, 0.25) is 0 Å². The van der Waals surface area contributed by atoms with Gasteiger partial charge in [-0.15, -0.1) is 0 Å². The standard InChI is InChI=1S/C8H14N3/c1-7-6-10-11(8(7)2)5-3-4-9/h3-5,9H2,1-2H3. The molecule has 0 fully saturated rings. The molecule has 0 aromatic carbocycles. The molecule has 0 aliphatic heterocycles. The van der Waals surface area contributed by atoms with Gasteiger partial charge in [0.25, 0.3) is 0 Å². The van der Waals surface area contributed by atoms with Gasteiger partial charge in [-0.2, -0.15) is 5.10 Å².